The van der Waals surface area contributed by atoms with Crippen molar-refractivity contribution in [2.75, 3.05) is 0 Å². The van der Waals surface area contributed by atoms with Crippen LogP contribution in [-0.2, 0) is 0 Å². The third-order valence-corrected chi connectivity index (χ3v) is 7.11. The van der Waals surface area contributed by atoms with Gasteiger partial charge < -0.3 is 0 Å². The smallest absolute Gasteiger partial charge is 0.0556 e. The van der Waals surface area contributed by atoms with Crippen LogP contribution in [0.2, 0.25) is 6.04 Å². The highest BCUT2D eigenvalue weighted by atomic mass is 28.2. The molecule has 1 aromatic rings. The van der Waals surface area contributed by atoms with E-state index in [0.717, 1.165) is 5.92 Å². The zero-order chi connectivity index (χ0) is 15.2. The molecule has 1 aliphatic carbocycles. The lowest BCUT2D eigenvalue weighted by atomic mass is 9.93. The summed E-state index contributed by atoms with van der Waals surface area (Å²) in [4.78, 5) is 0. The molecular weight excluding hydrogens is 268 g/mol. The van der Waals surface area contributed by atoms with Gasteiger partial charge in [-0.15, -0.1) is 0 Å². The minimum Gasteiger partial charge on any atom is -0.0669 e. The van der Waals surface area contributed by atoms with Crippen LogP contribution in [-0.4, -0.2) is 9.52 Å². The molecule has 0 radical (unpaired) electrons. The van der Waals surface area contributed by atoms with Gasteiger partial charge in [0.25, 0.3) is 0 Å². The van der Waals surface area contributed by atoms with E-state index in [2.05, 4.69) is 58.0 Å². The van der Waals surface area contributed by atoms with Gasteiger partial charge >= 0.3 is 0 Å². The molecule has 0 nitrogen and oxygen atoms in total. The summed E-state index contributed by atoms with van der Waals surface area (Å²) < 4.78 is 0. The van der Waals surface area contributed by atoms with Gasteiger partial charge in [0.05, 0.1) is 9.52 Å². The van der Waals surface area contributed by atoms with E-state index in [0.29, 0.717) is 0 Å². The van der Waals surface area contributed by atoms with Gasteiger partial charge in [0, 0.05) is 0 Å². The molecule has 1 atom stereocenters. The van der Waals surface area contributed by atoms with E-state index in [1.54, 1.807) is 27.5 Å². The van der Waals surface area contributed by atoms with Crippen LogP contribution in [0.1, 0.15) is 53.4 Å². The summed E-state index contributed by atoms with van der Waals surface area (Å²) >= 11 is 0. The normalized spacial score (nSPS) is 19.3. The zero-order valence-electron chi connectivity index (χ0n) is 14.2. The van der Waals surface area contributed by atoms with Crippen molar-refractivity contribution in [1.82, 2.24) is 0 Å². The molecule has 1 aromatic carbocycles. The van der Waals surface area contributed by atoms with Crippen molar-refractivity contribution >= 4 is 14.7 Å². The fourth-order valence-corrected chi connectivity index (χ4v) is 5.60. The van der Waals surface area contributed by atoms with Crippen molar-refractivity contribution in [3.8, 4) is 0 Å². The largest absolute Gasteiger partial charge is 0.0669 e. The molecular formula is C20H30Si. The number of benzene rings is 1. The maximum absolute atomic E-state index is 2.37. The summed E-state index contributed by atoms with van der Waals surface area (Å²) in [5.74, 6) is 0.758. The van der Waals surface area contributed by atoms with E-state index in [1.165, 1.54) is 31.7 Å². The van der Waals surface area contributed by atoms with Gasteiger partial charge in [0.2, 0.25) is 0 Å². The van der Waals surface area contributed by atoms with Crippen molar-refractivity contribution in [3.05, 3.63) is 52.6 Å². The van der Waals surface area contributed by atoms with E-state index in [-0.39, 0.29) is 9.52 Å². The standard InChI is InChI=1S/C20H30Si/c1-5-6-8-13-19-16(3)15(2)17(4)20(19)14-21-18-11-9-7-10-12-18/h7,9-12,20H,5-6,8,13-14,21H2,1-4H3. The Morgan fingerprint density at radius 2 is 1.67 bits per heavy atom. The monoisotopic (exact) mass is 298 g/mol. The Morgan fingerprint density at radius 1 is 0.952 bits per heavy atom. The number of hydrogen-bond donors (Lipinski definition) is 0. The number of unbranched alkanes of at least 4 members (excludes halogenated alkanes) is 2. The third kappa shape index (κ3) is 3.97. The second-order valence-corrected chi connectivity index (χ2v) is 8.39. The molecule has 1 unspecified atom stereocenters. The molecule has 0 fully saturated rings. The minimum atomic E-state index is -0.147. The number of hydrogen-bond acceptors (Lipinski definition) is 0. The van der Waals surface area contributed by atoms with Crippen molar-refractivity contribution in [3.63, 3.8) is 0 Å². The van der Waals surface area contributed by atoms with Crippen molar-refractivity contribution in [1.29, 1.82) is 0 Å². The Hall–Kier alpha value is -1.08. The Morgan fingerprint density at radius 3 is 2.33 bits per heavy atom. The number of rotatable bonds is 7. The van der Waals surface area contributed by atoms with E-state index < -0.39 is 0 Å². The predicted octanol–water partition coefficient (Wildman–Crippen LogP) is 4.76. The molecule has 0 saturated heterocycles. The molecule has 0 saturated carbocycles. The SMILES string of the molecule is CCCCCC1=C(C)C(C)=C(C)C1C[SiH2]c1ccccc1. The topological polar surface area (TPSA) is 0 Å². The Kier molecular flexibility index (Phi) is 6.04. The molecule has 0 amide bonds. The molecule has 1 heteroatoms. The van der Waals surface area contributed by atoms with Crippen LogP contribution in [0.5, 0.6) is 0 Å². The van der Waals surface area contributed by atoms with Gasteiger partial charge in [0.15, 0.2) is 0 Å². The highest BCUT2D eigenvalue weighted by molar-refractivity contribution is 6.53. The fraction of sp³-hybridized carbons (Fsp3) is 0.500. The first-order valence-electron chi connectivity index (χ1n) is 8.56. The van der Waals surface area contributed by atoms with Gasteiger partial charge in [-0.05, 0) is 56.7 Å². The first-order chi connectivity index (χ1) is 10.1. The number of allylic oxidation sites excluding steroid dienone is 4. The van der Waals surface area contributed by atoms with Crippen LogP contribution in [0.3, 0.4) is 0 Å². The second-order valence-electron chi connectivity index (χ2n) is 6.49. The quantitative estimate of drug-likeness (QED) is 0.503. The van der Waals surface area contributed by atoms with Crippen LogP contribution in [0.15, 0.2) is 52.6 Å². The molecule has 0 spiro atoms. The highest BCUT2D eigenvalue weighted by Crippen LogP contribution is 2.41. The summed E-state index contributed by atoms with van der Waals surface area (Å²) in [6, 6.07) is 12.6. The van der Waals surface area contributed by atoms with Crippen LogP contribution < -0.4 is 5.19 Å². The average molecular weight is 299 g/mol. The summed E-state index contributed by atoms with van der Waals surface area (Å²) in [5, 5.41) is 1.61. The van der Waals surface area contributed by atoms with Crippen molar-refractivity contribution < 1.29 is 0 Å². The predicted molar refractivity (Wildman–Crippen MR) is 98.1 cm³/mol. The first kappa shape index (κ1) is 16.3. The molecule has 1 aliphatic rings. The van der Waals surface area contributed by atoms with E-state index in [1.807, 2.05) is 0 Å². The van der Waals surface area contributed by atoms with Gasteiger partial charge in [-0.1, -0.05) is 66.4 Å². The Balaban J connectivity index is 2.04. The molecule has 0 aliphatic heterocycles. The molecule has 0 bridgehead atoms. The third-order valence-electron chi connectivity index (χ3n) is 5.19. The van der Waals surface area contributed by atoms with Crippen LogP contribution in [0.4, 0.5) is 0 Å². The van der Waals surface area contributed by atoms with Gasteiger partial charge in [0.1, 0.15) is 0 Å². The molecule has 2 rings (SSSR count). The zero-order valence-corrected chi connectivity index (χ0v) is 15.6. The van der Waals surface area contributed by atoms with Crippen LogP contribution >= 0.6 is 0 Å². The van der Waals surface area contributed by atoms with Crippen molar-refractivity contribution in [2.45, 2.75) is 59.4 Å². The van der Waals surface area contributed by atoms with Crippen LogP contribution in [0.25, 0.3) is 0 Å². The molecule has 0 N–H and O–H groups in total. The van der Waals surface area contributed by atoms with Gasteiger partial charge in [-0.25, -0.2) is 0 Å². The maximum Gasteiger partial charge on any atom is 0.0556 e. The maximum atomic E-state index is 2.37. The fourth-order valence-electron chi connectivity index (χ4n) is 3.59. The van der Waals surface area contributed by atoms with Gasteiger partial charge in [-0.3, -0.25) is 0 Å². The lowest BCUT2D eigenvalue weighted by molar-refractivity contribution is 0.664. The summed E-state index contributed by atoms with van der Waals surface area (Å²) in [7, 11) is -0.147. The highest BCUT2D eigenvalue weighted by Gasteiger charge is 2.26. The molecule has 21 heavy (non-hydrogen) atoms. The lowest BCUT2D eigenvalue weighted by Gasteiger charge is -2.18. The first-order valence-corrected chi connectivity index (χ1v) is 10.3. The summed E-state index contributed by atoms with van der Waals surface area (Å²) in [5.41, 5.74) is 6.61. The van der Waals surface area contributed by atoms with Crippen molar-refractivity contribution in [2.24, 2.45) is 5.92 Å². The minimum absolute atomic E-state index is 0.147. The van der Waals surface area contributed by atoms with E-state index in [9.17, 15) is 0 Å². The van der Waals surface area contributed by atoms with E-state index >= 15 is 0 Å². The molecule has 0 heterocycles. The average Bonchev–Trinajstić information content (AvgIpc) is 2.71. The van der Waals surface area contributed by atoms with E-state index in [4.69, 9.17) is 0 Å². The lowest BCUT2D eigenvalue weighted by Crippen LogP contribution is -2.17. The molecule has 114 valence electrons. The second kappa shape index (κ2) is 7.79. The Bertz CT molecular complexity index is 522. The summed E-state index contributed by atoms with van der Waals surface area (Å²) in [6.07, 6.45) is 5.38. The van der Waals surface area contributed by atoms with Crippen LogP contribution in [0, 0.1) is 5.92 Å². The van der Waals surface area contributed by atoms with Gasteiger partial charge in [-0.2, -0.15) is 0 Å². The Labute approximate surface area is 133 Å². The summed E-state index contributed by atoms with van der Waals surface area (Å²) in [6.45, 7) is 9.35. The molecule has 0 aromatic heterocycles.